The van der Waals surface area contributed by atoms with E-state index in [4.69, 9.17) is 0 Å². The summed E-state index contributed by atoms with van der Waals surface area (Å²) in [5, 5.41) is 0. The van der Waals surface area contributed by atoms with E-state index in [2.05, 4.69) is 12.1 Å². The topological polar surface area (TPSA) is 40.6 Å². The summed E-state index contributed by atoms with van der Waals surface area (Å²) in [6.07, 6.45) is 0.894. The number of hydrogen-bond donors (Lipinski definition) is 0. The Morgan fingerprint density at radius 2 is 1.74 bits per heavy atom. The van der Waals surface area contributed by atoms with Crippen LogP contribution in [-0.4, -0.2) is 41.2 Å². The predicted octanol–water partition coefficient (Wildman–Crippen LogP) is 2.27. The van der Waals surface area contributed by atoms with Gasteiger partial charge in [-0.2, -0.15) is 0 Å². The number of nitrogens with zero attached hydrogens (tertiary/aromatic N) is 2. The van der Waals surface area contributed by atoms with Gasteiger partial charge in [-0.1, -0.05) is 42.5 Å². The molecule has 2 aliphatic heterocycles. The zero-order valence-electron chi connectivity index (χ0n) is 12.8. The molecule has 2 aromatic carbocycles. The van der Waals surface area contributed by atoms with Crippen LogP contribution in [-0.2, 0) is 11.2 Å². The van der Waals surface area contributed by atoms with E-state index in [1.807, 2.05) is 35.2 Å². The maximum absolute atomic E-state index is 12.7. The van der Waals surface area contributed by atoms with E-state index >= 15 is 0 Å². The average molecular weight is 306 g/mol. The van der Waals surface area contributed by atoms with Gasteiger partial charge in [0.05, 0.1) is 6.04 Å². The average Bonchev–Trinajstić information content (AvgIpc) is 2.61. The van der Waals surface area contributed by atoms with Gasteiger partial charge in [0.2, 0.25) is 5.91 Å². The number of amides is 2. The van der Waals surface area contributed by atoms with Crippen molar-refractivity contribution in [2.75, 3.05) is 19.6 Å². The summed E-state index contributed by atoms with van der Waals surface area (Å²) in [4.78, 5) is 28.8. The third-order valence-corrected chi connectivity index (χ3v) is 4.76. The first-order valence-electron chi connectivity index (χ1n) is 7.95. The first-order valence-corrected chi connectivity index (χ1v) is 7.95. The molecule has 23 heavy (non-hydrogen) atoms. The summed E-state index contributed by atoms with van der Waals surface area (Å²) >= 11 is 0. The van der Waals surface area contributed by atoms with Crippen molar-refractivity contribution < 1.29 is 9.59 Å². The highest BCUT2D eigenvalue weighted by Gasteiger charge is 2.38. The van der Waals surface area contributed by atoms with Crippen LogP contribution in [0.3, 0.4) is 0 Å². The third-order valence-electron chi connectivity index (χ3n) is 4.76. The fourth-order valence-corrected chi connectivity index (χ4v) is 3.59. The van der Waals surface area contributed by atoms with Crippen LogP contribution in [0.25, 0.3) is 0 Å². The maximum Gasteiger partial charge on any atom is 0.254 e. The van der Waals surface area contributed by atoms with Crippen molar-refractivity contribution in [2.24, 2.45) is 0 Å². The van der Waals surface area contributed by atoms with Gasteiger partial charge >= 0.3 is 0 Å². The SMILES string of the molecule is O=C(c1ccccc1)N1CC(=O)N2CCc3ccccc3[C@@H]2C1. The van der Waals surface area contributed by atoms with Gasteiger partial charge < -0.3 is 9.80 Å². The van der Waals surface area contributed by atoms with Gasteiger partial charge in [-0.05, 0) is 29.7 Å². The molecule has 0 spiro atoms. The number of benzene rings is 2. The molecule has 1 atom stereocenters. The minimum atomic E-state index is -0.0679. The van der Waals surface area contributed by atoms with Crippen LogP contribution in [0.15, 0.2) is 54.6 Å². The van der Waals surface area contributed by atoms with E-state index in [-0.39, 0.29) is 24.4 Å². The molecule has 0 bridgehead atoms. The van der Waals surface area contributed by atoms with Crippen LogP contribution < -0.4 is 0 Å². The molecule has 0 radical (unpaired) electrons. The quantitative estimate of drug-likeness (QED) is 0.811. The van der Waals surface area contributed by atoms with E-state index in [1.165, 1.54) is 11.1 Å². The summed E-state index contributed by atoms with van der Waals surface area (Å²) in [6.45, 7) is 1.48. The van der Waals surface area contributed by atoms with Crippen LogP contribution >= 0.6 is 0 Å². The van der Waals surface area contributed by atoms with Crippen LogP contribution in [0.4, 0.5) is 0 Å². The second-order valence-corrected chi connectivity index (χ2v) is 6.10. The van der Waals surface area contributed by atoms with Gasteiger partial charge in [-0.3, -0.25) is 9.59 Å². The molecule has 2 amide bonds. The highest BCUT2D eigenvalue weighted by atomic mass is 16.2. The molecule has 1 fully saturated rings. The Hall–Kier alpha value is -2.62. The number of fused-ring (bicyclic) bond motifs is 3. The Labute approximate surface area is 135 Å². The molecule has 0 aromatic heterocycles. The van der Waals surface area contributed by atoms with Crippen LogP contribution in [0, 0.1) is 0 Å². The van der Waals surface area contributed by atoms with Gasteiger partial charge in [0.15, 0.2) is 0 Å². The molecule has 0 unspecified atom stereocenters. The van der Waals surface area contributed by atoms with Crippen molar-refractivity contribution in [3.63, 3.8) is 0 Å². The lowest BCUT2D eigenvalue weighted by atomic mass is 9.90. The minimum Gasteiger partial charge on any atom is -0.332 e. The fourth-order valence-electron chi connectivity index (χ4n) is 3.59. The minimum absolute atomic E-state index is 0.0196. The molecule has 0 N–H and O–H groups in total. The van der Waals surface area contributed by atoms with Crippen molar-refractivity contribution in [3.8, 4) is 0 Å². The number of rotatable bonds is 1. The second kappa shape index (κ2) is 5.54. The van der Waals surface area contributed by atoms with E-state index in [1.54, 1.807) is 17.0 Å². The monoisotopic (exact) mass is 306 g/mol. The van der Waals surface area contributed by atoms with E-state index in [0.29, 0.717) is 12.1 Å². The molecule has 2 heterocycles. The smallest absolute Gasteiger partial charge is 0.254 e. The molecule has 4 rings (SSSR count). The first-order chi connectivity index (χ1) is 11.2. The number of hydrogen-bond acceptors (Lipinski definition) is 2. The van der Waals surface area contributed by atoms with Gasteiger partial charge in [0.25, 0.3) is 5.91 Å². The maximum atomic E-state index is 12.7. The lowest BCUT2D eigenvalue weighted by Crippen LogP contribution is -2.55. The molecule has 0 saturated carbocycles. The largest absolute Gasteiger partial charge is 0.332 e. The van der Waals surface area contributed by atoms with Gasteiger partial charge in [0.1, 0.15) is 6.54 Å². The molecule has 2 aliphatic rings. The normalized spacial score (nSPS) is 20.0. The Balaban J connectivity index is 1.65. The fraction of sp³-hybridized carbons (Fsp3) is 0.263. The molecule has 116 valence electrons. The molecular formula is C19H18N2O2. The number of piperazine rings is 1. The number of carbonyl (C=O) groups is 2. The summed E-state index contributed by atoms with van der Waals surface area (Å²) in [5.41, 5.74) is 3.10. The molecule has 4 heteroatoms. The molecule has 0 aliphatic carbocycles. The van der Waals surface area contributed by atoms with Gasteiger partial charge in [-0.25, -0.2) is 0 Å². The Morgan fingerprint density at radius 3 is 2.57 bits per heavy atom. The third kappa shape index (κ3) is 2.40. The summed E-state index contributed by atoms with van der Waals surface area (Å²) in [7, 11) is 0. The Bertz CT molecular complexity index is 757. The highest BCUT2D eigenvalue weighted by Crippen LogP contribution is 2.33. The predicted molar refractivity (Wildman–Crippen MR) is 86.9 cm³/mol. The molecule has 1 saturated heterocycles. The van der Waals surface area contributed by atoms with E-state index in [9.17, 15) is 9.59 Å². The van der Waals surface area contributed by atoms with Crippen molar-refractivity contribution in [3.05, 3.63) is 71.3 Å². The second-order valence-electron chi connectivity index (χ2n) is 6.10. The van der Waals surface area contributed by atoms with Gasteiger partial charge in [-0.15, -0.1) is 0 Å². The van der Waals surface area contributed by atoms with Crippen LogP contribution in [0.5, 0.6) is 0 Å². The van der Waals surface area contributed by atoms with Crippen molar-refractivity contribution in [1.82, 2.24) is 9.80 Å². The zero-order chi connectivity index (χ0) is 15.8. The first kappa shape index (κ1) is 14.0. The molecule has 2 aromatic rings. The lowest BCUT2D eigenvalue weighted by molar-refractivity contribution is -0.139. The van der Waals surface area contributed by atoms with Gasteiger partial charge in [0, 0.05) is 18.7 Å². The van der Waals surface area contributed by atoms with E-state index < -0.39 is 0 Å². The lowest BCUT2D eigenvalue weighted by Gasteiger charge is -2.44. The standard InChI is InChI=1S/C19H18N2O2/c22-18-13-20(19(23)15-7-2-1-3-8-15)12-17-16-9-5-4-6-14(16)10-11-21(17)18/h1-9,17H,10-13H2/t17-/m0/s1. The molecular weight excluding hydrogens is 288 g/mol. The summed E-state index contributed by atoms with van der Waals surface area (Å²) < 4.78 is 0. The van der Waals surface area contributed by atoms with E-state index in [0.717, 1.165) is 13.0 Å². The molecule has 4 nitrogen and oxygen atoms in total. The Kier molecular flexibility index (Phi) is 3.37. The Morgan fingerprint density at radius 1 is 1.00 bits per heavy atom. The van der Waals surface area contributed by atoms with Crippen molar-refractivity contribution in [1.29, 1.82) is 0 Å². The van der Waals surface area contributed by atoms with Crippen LogP contribution in [0.1, 0.15) is 27.5 Å². The highest BCUT2D eigenvalue weighted by molar-refractivity contribution is 5.97. The van der Waals surface area contributed by atoms with Crippen molar-refractivity contribution in [2.45, 2.75) is 12.5 Å². The number of carbonyl (C=O) groups excluding carboxylic acids is 2. The zero-order valence-corrected chi connectivity index (χ0v) is 12.8. The summed E-state index contributed by atoms with van der Waals surface area (Å²) in [5.74, 6) is -0.0262. The summed E-state index contributed by atoms with van der Waals surface area (Å²) in [6, 6.07) is 17.4. The van der Waals surface area contributed by atoms with Crippen molar-refractivity contribution >= 4 is 11.8 Å². The van der Waals surface area contributed by atoms with Crippen LogP contribution in [0.2, 0.25) is 0 Å².